The molecule has 1 aromatic rings. The Bertz CT molecular complexity index is 394. The number of para-hydroxylation sites is 1. The molecule has 0 saturated heterocycles. The van der Waals surface area contributed by atoms with Gasteiger partial charge in [-0.25, -0.2) is 0 Å². The molecule has 0 bridgehead atoms. The van der Waals surface area contributed by atoms with Crippen molar-refractivity contribution in [2.75, 3.05) is 6.54 Å². The molecule has 0 aliphatic rings. The molecule has 0 fully saturated rings. The first kappa shape index (κ1) is 14.6. The number of hydrogen-bond donors (Lipinski definition) is 2. The van der Waals surface area contributed by atoms with Crippen molar-refractivity contribution in [1.29, 1.82) is 0 Å². The number of benzene rings is 1. The van der Waals surface area contributed by atoms with E-state index in [0.29, 0.717) is 5.56 Å². The lowest BCUT2D eigenvalue weighted by atomic mass is 10.1. The summed E-state index contributed by atoms with van der Waals surface area (Å²) in [5, 5.41) is 23.3. The van der Waals surface area contributed by atoms with Crippen LogP contribution in [-0.2, 0) is 0 Å². The van der Waals surface area contributed by atoms with Crippen LogP contribution in [0, 0.1) is 10.1 Å². The quantitative estimate of drug-likeness (QED) is 0.444. The van der Waals surface area contributed by atoms with E-state index in [9.17, 15) is 10.1 Å². The Kier molecular flexibility index (Phi) is 5.74. The number of nitro benzene ring substituents is 1. The normalized spacial score (nSPS) is 14.2. The molecule has 100 valence electrons. The molecular weight excluding hydrogens is 232 g/mol. The van der Waals surface area contributed by atoms with E-state index in [1.165, 1.54) is 6.07 Å². The number of nitrogens with one attached hydrogen (secondary N) is 1. The van der Waals surface area contributed by atoms with Gasteiger partial charge in [-0.15, -0.1) is 0 Å². The summed E-state index contributed by atoms with van der Waals surface area (Å²) in [7, 11) is 0. The third-order valence-corrected chi connectivity index (χ3v) is 2.85. The zero-order valence-electron chi connectivity index (χ0n) is 10.8. The van der Waals surface area contributed by atoms with Gasteiger partial charge >= 0.3 is 0 Å². The number of aliphatic hydroxyl groups is 1. The first-order valence-electron chi connectivity index (χ1n) is 6.17. The fourth-order valence-corrected chi connectivity index (χ4v) is 1.85. The summed E-state index contributed by atoms with van der Waals surface area (Å²) in [4.78, 5) is 10.5. The van der Waals surface area contributed by atoms with Crippen LogP contribution in [-0.4, -0.2) is 22.7 Å². The summed E-state index contributed by atoms with van der Waals surface area (Å²) in [5.41, 5.74) is 0.840. The average molecular weight is 252 g/mol. The van der Waals surface area contributed by atoms with Gasteiger partial charge in [-0.05, 0) is 33.2 Å². The molecule has 1 aromatic carbocycles. The van der Waals surface area contributed by atoms with Crippen molar-refractivity contribution in [2.24, 2.45) is 0 Å². The maximum absolute atomic E-state index is 10.9. The van der Waals surface area contributed by atoms with Gasteiger partial charge < -0.3 is 10.4 Å². The summed E-state index contributed by atoms with van der Waals surface area (Å²) in [6.07, 6.45) is 1.28. The number of nitrogens with zero attached hydrogens (tertiary/aromatic N) is 1. The second-order valence-electron chi connectivity index (χ2n) is 4.48. The Balaban J connectivity index is 2.56. The molecule has 0 spiro atoms. The highest BCUT2D eigenvalue weighted by atomic mass is 16.6. The lowest BCUT2D eigenvalue weighted by molar-refractivity contribution is -0.385. The Morgan fingerprint density at radius 2 is 2.06 bits per heavy atom. The lowest BCUT2D eigenvalue weighted by Gasteiger charge is -2.14. The maximum atomic E-state index is 10.9. The summed E-state index contributed by atoms with van der Waals surface area (Å²) in [6, 6.07) is 6.69. The number of aliphatic hydroxyl groups excluding tert-OH is 1. The van der Waals surface area contributed by atoms with Gasteiger partial charge in [0.25, 0.3) is 5.69 Å². The first-order valence-corrected chi connectivity index (χ1v) is 6.17. The molecule has 0 heterocycles. The predicted molar refractivity (Wildman–Crippen MR) is 70.4 cm³/mol. The predicted octanol–water partition coefficient (Wildman–Crippen LogP) is 2.41. The van der Waals surface area contributed by atoms with Crippen molar-refractivity contribution < 1.29 is 10.0 Å². The minimum absolute atomic E-state index is 0.0689. The van der Waals surface area contributed by atoms with Crippen molar-refractivity contribution in [3.63, 3.8) is 0 Å². The largest absolute Gasteiger partial charge is 0.393 e. The molecule has 0 radical (unpaired) electrons. The van der Waals surface area contributed by atoms with Crippen LogP contribution in [0.3, 0.4) is 0 Å². The van der Waals surface area contributed by atoms with Gasteiger partial charge in [0.05, 0.1) is 11.0 Å². The Labute approximate surface area is 107 Å². The third-order valence-electron chi connectivity index (χ3n) is 2.85. The summed E-state index contributed by atoms with van der Waals surface area (Å²) >= 11 is 0. The molecule has 2 atom stereocenters. The zero-order chi connectivity index (χ0) is 13.5. The highest BCUT2D eigenvalue weighted by molar-refractivity contribution is 5.41. The smallest absolute Gasteiger partial charge is 0.274 e. The topological polar surface area (TPSA) is 75.4 Å². The molecule has 1 rings (SSSR count). The van der Waals surface area contributed by atoms with Crippen molar-refractivity contribution in [3.05, 3.63) is 39.9 Å². The van der Waals surface area contributed by atoms with Crippen LogP contribution in [0.25, 0.3) is 0 Å². The van der Waals surface area contributed by atoms with Gasteiger partial charge in [-0.1, -0.05) is 18.2 Å². The van der Waals surface area contributed by atoms with E-state index in [0.717, 1.165) is 19.4 Å². The summed E-state index contributed by atoms with van der Waals surface area (Å²) < 4.78 is 0. The van der Waals surface area contributed by atoms with E-state index >= 15 is 0 Å². The van der Waals surface area contributed by atoms with Crippen LogP contribution in [0.1, 0.15) is 38.3 Å². The highest BCUT2D eigenvalue weighted by Gasteiger charge is 2.17. The van der Waals surface area contributed by atoms with Crippen LogP contribution < -0.4 is 5.32 Å². The second-order valence-corrected chi connectivity index (χ2v) is 4.48. The molecule has 2 N–H and O–H groups in total. The fourth-order valence-electron chi connectivity index (χ4n) is 1.85. The van der Waals surface area contributed by atoms with Crippen LogP contribution in [0.4, 0.5) is 5.69 Å². The first-order chi connectivity index (χ1) is 8.52. The van der Waals surface area contributed by atoms with Crippen molar-refractivity contribution in [1.82, 2.24) is 5.32 Å². The lowest BCUT2D eigenvalue weighted by Crippen LogP contribution is -2.21. The van der Waals surface area contributed by atoms with Crippen molar-refractivity contribution >= 4 is 5.69 Å². The molecule has 0 aliphatic heterocycles. The maximum Gasteiger partial charge on any atom is 0.274 e. The van der Waals surface area contributed by atoms with E-state index in [2.05, 4.69) is 5.32 Å². The van der Waals surface area contributed by atoms with Crippen LogP contribution >= 0.6 is 0 Å². The van der Waals surface area contributed by atoms with E-state index in [4.69, 9.17) is 5.11 Å². The molecule has 18 heavy (non-hydrogen) atoms. The van der Waals surface area contributed by atoms with Crippen molar-refractivity contribution in [3.8, 4) is 0 Å². The van der Waals surface area contributed by atoms with Gasteiger partial charge in [0, 0.05) is 17.7 Å². The molecule has 0 saturated carbocycles. The Morgan fingerprint density at radius 3 is 2.67 bits per heavy atom. The minimum atomic E-state index is -0.358. The number of nitro groups is 1. The van der Waals surface area contributed by atoms with E-state index in [1.807, 2.05) is 6.92 Å². The van der Waals surface area contributed by atoms with Gasteiger partial charge in [-0.3, -0.25) is 10.1 Å². The van der Waals surface area contributed by atoms with E-state index in [-0.39, 0.29) is 22.8 Å². The van der Waals surface area contributed by atoms with Gasteiger partial charge in [0.1, 0.15) is 0 Å². The molecule has 5 heteroatoms. The van der Waals surface area contributed by atoms with Gasteiger partial charge in [-0.2, -0.15) is 0 Å². The summed E-state index contributed by atoms with van der Waals surface area (Å²) in [5.74, 6) is 0. The average Bonchev–Trinajstić information content (AvgIpc) is 2.34. The van der Waals surface area contributed by atoms with E-state index < -0.39 is 0 Å². The Hall–Kier alpha value is -1.46. The monoisotopic (exact) mass is 252 g/mol. The zero-order valence-corrected chi connectivity index (χ0v) is 10.8. The molecule has 5 nitrogen and oxygen atoms in total. The molecule has 0 aromatic heterocycles. The molecule has 0 aliphatic carbocycles. The highest BCUT2D eigenvalue weighted by Crippen LogP contribution is 2.24. The third kappa shape index (κ3) is 4.43. The number of rotatable bonds is 7. The standard InChI is InChI=1S/C13H20N2O3/c1-10(16)6-5-9-14-11(2)12-7-3-4-8-13(12)15(17)18/h3-4,7-8,10-11,14,16H,5-6,9H2,1-2H3. The van der Waals surface area contributed by atoms with Crippen LogP contribution in [0.15, 0.2) is 24.3 Å². The molecular formula is C13H20N2O3. The van der Waals surface area contributed by atoms with E-state index in [1.54, 1.807) is 25.1 Å². The minimum Gasteiger partial charge on any atom is -0.393 e. The van der Waals surface area contributed by atoms with Crippen molar-refractivity contribution in [2.45, 2.75) is 38.8 Å². The molecule has 0 amide bonds. The van der Waals surface area contributed by atoms with Gasteiger partial charge in [0.2, 0.25) is 0 Å². The molecule has 2 unspecified atom stereocenters. The SMILES string of the molecule is CC(O)CCCNC(C)c1ccccc1[N+](=O)[O-]. The van der Waals surface area contributed by atoms with Gasteiger partial charge in [0.15, 0.2) is 0 Å². The summed E-state index contributed by atoms with van der Waals surface area (Å²) in [6.45, 7) is 4.40. The second kappa shape index (κ2) is 7.08. The van der Waals surface area contributed by atoms with Crippen LogP contribution in [0.2, 0.25) is 0 Å². The number of hydrogen-bond acceptors (Lipinski definition) is 4. The Morgan fingerprint density at radius 1 is 1.39 bits per heavy atom. The van der Waals surface area contributed by atoms with Crippen LogP contribution in [0.5, 0.6) is 0 Å². The fraction of sp³-hybridized carbons (Fsp3) is 0.538.